The molecular weight excluding hydrogens is 342 g/mol. The summed E-state index contributed by atoms with van der Waals surface area (Å²) in [6, 6.07) is 14.5. The lowest BCUT2D eigenvalue weighted by Gasteiger charge is -2.15. The number of amides is 2. The lowest BCUT2D eigenvalue weighted by molar-refractivity contribution is 0.249. The molecule has 0 radical (unpaired) electrons. The number of nitrogens with zero attached hydrogens (tertiary/aromatic N) is 1. The summed E-state index contributed by atoms with van der Waals surface area (Å²) in [4.78, 5) is 12.0. The Labute approximate surface area is 138 Å². The molecule has 0 aliphatic carbocycles. The number of carbonyl (C=O) groups excluding carboxylic acids is 1. The molecule has 0 spiro atoms. The summed E-state index contributed by atoms with van der Waals surface area (Å²) in [5, 5.41) is 14.5. The lowest BCUT2D eigenvalue weighted by atomic mass is 10.1. The van der Waals surface area contributed by atoms with Crippen LogP contribution in [-0.2, 0) is 0 Å². The number of nitriles is 1. The van der Waals surface area contributed by atoms with Gasteiger partial charge in [-0.15, -0.1) is 0 Å². The van der Waals surface area contributed by atoms with Crippen LogP contribution in [0, 0.1) is 18.3 Å². The molecule has 0 fully saturated rings. The van der Waals surface area contributed by atoms with Crippen LogP contribution in [0.2, 0.25) is 0 Å². The molecule has 112 valence electrons. The number of halogens is 1. The highest BCUT2D eigenvalue weighted by molar-refractivity contribution is 9.10. The second-order valence-electron chi connectivity index (χ2n) is 5.02. The predicted molar refractivity (Wildman–Crippen MR) is 90.6 cm³/mol. The van der Waals surface area contributed by atoms with Crippen molar-refractivity contribution in [2.75, 3.05) is 5.32 Å². The molecule has 0 aromatic heterocycles. The summed E-state index contributed by atoms with van der Waals surface area (Å²) in [5.41, 5.74) is 3.38. The third kappa shape index (κ3) is 4.09. The Balaban J connectivity index is 1.98. The third-order valence-corrected chi connectivity index (χ3v) is 4.17. The van der Waals surface area contributed by atoms with Gasteiger partial charge in [0.25, 0.3) is 0 Å². The smallest absolute Gasteiger partial charge is 0.319 e. The summed E-state index contributed by atoms with van der Waals surface area (Å²) >= 11 is 3.44. The van der Waals surface area contributed by atoms with Crippen LogP contribution in [0.4, 0.5) is 10.5 Å². The van der Waals surface area contributed by atoms with E-state index in [9.17, 15) is 4.79 Å². The van der Waals surface area contributed by atoms with Gasteiger partial charge in [-0.05, 0) is 49.2 Å². The Morgan fingerprint density at radius 1 is 1.23 bits per heavy atom. The van der Waals surface area contributed by atoms with Gasteiger partial charge in [-0.2, -0.15) is 5.26 Å². The van der Waals surface area contributed by atoms with Crippen LogP contribution in [0.3, 0.4) is 0 Å². The fourth-order valence-corrected chi connectivity index (χ4v) is 2.34. The van der Waals surface area contributed by atoms with Crippen molar-refractivity contribution in [2.24, 2.45) is 0 Å². The number of urea groups is 1. The highest BCUT2D eigenvalue weighted by Gasteiger charge is 2.10. The first-order chi connectivity index (χ1) is 10.5. The number of anilines is 1. The maximum absolute atomic E-state index is 12.0. The molecule has 0 saturated heterocycles. The molecule has 2 aromatic rings. The maximum Gasteiger partial charge on any atom is 0.319 e. The van der Waals surface area contributed by atoms with Gasteiger partial charge in [-0.1, -0.05) is 34.1 Å². The Bertz CT molecular complexity index is 720. The molecule has 2 aromatic carbocycles. The standard InChI is InChI=1S/C17H16BrN3O/c1-11-3-8-15(9-16(11)18)21-17(22)20-12(2)14-6-4-13(10-19)5-7-14/h3-9,12H,1-2H3,(H2,20,21,22). The van der Waals surface area contributed by atoms with E-state index in [0.717, 1.165) is 21.3 Å². The number of nitrogens with one attached hydrogen (secondary N) is 2. The molecule has 2 amide bonds. The van der Waals surface area contributed by atoms with E-state index in [1.807, 2.05) is 44.2 Å². The van der Waals surface area contributed by atoms with Gasteiger partial charge in [0.1, 0.15) is 0 Å². The van der Waals surface area contributed by atoms with Crippen molar-refractivity contribution in [2.45, 2.75) is 19.9 Å². The van der Waals surface area contributed by atoms with Gasteiger partial charge in [0.2, 0.25) is 0 Å². The maximum atomic E-state index is 12.0. The fourth-order valence-electron chi connectivity index (χ4n) is 1.96. The van der Waals surface area contributed by atoms with Crippen LogP contribution in [0.5, 0.6) is 0 Å². The first-order valence-corrected chi connectivity index (χ1v) is 7.62. The second-order valence-corrected chi connectivity index (χ2v) is 5.87. The zero-order valence-electron chi connectivity index (χ0n) is 12.4. The number of hydrogen-bond donors (Lipinski definition) is 2. The number of aryl methyl sites for hydroxylation is 1. The first kappa shape index (κ1) is 16.1. The number of carbonyl (C=O) groups is 1. The van der Waals surface area contributed by atoms with E-state index in [4.69, 9.17) is 5.26 Å². The van der Waals surface area contributed by atoms with Crippen molar-refractivity contribution in [1.29, 1.82) is 5.26 Å². The molecule has 2 rings (SSSR count). The minimum absolute atomic E-state index is 0.151. The van der Waals surface area contributed by atoms with E-state index in [-0.39, 0.29) is 12.1 Å². The lowest BCUT2D eigenvalue weighted by Crippen LogP contribution is -2.31. The summed E-state index contributed by atoms with van der Waals surface area (Å²) in [7, 11) is 0. The van der Waals surface area contributed by atoms with Crippen LogP contribution >= 0.6 is 15.9 Å². The Kier molecular flexibility index (Phi) is 5.18. The largest absolute Gasteiger partial charge is 0.331 e. The van der Waals surface area contributed by atoms with Crippen LogP contribution in [0.1, 0.15) is 29.7 Å². The molecule has 0 heterocycles. The molecule has 22 heavy (non-hydrogen) atoms. The van der Waals surface area contributed by atoms with Crippen molar-refractivity contribution in [1.82, 2.24) is 5.32 Å². The topological polar surface area (TPSA) is 64.9 Å². The van der Waals surface area contributed by atoms with Crippen LogP contribution in [-0.4, -0.2) is 6.03 Å². The van der Waals surface area contributed by atoms with Crippen molar-refractivity contribution in [3.63, 3.8) is 0 Å². The van der Waals surface area contributed by atoms with Gasteiger partial charge in [-0.25, -0.2) is 4.79 Å². The fraction of sp³-hybridized carbons (Fsp3) is 0.176. The predicted octanol–water partition coefficient (Wildman–Crippen LogP) is 4.51. The highest BCUT2D eigenvalue weighted by atomic mass is 79.9. The number of benzene rings is 2. The number of hydrogen-bond acceptors (Lipinski definition) is 2. The van der Waals surface area contributed by atoms with E-state index in [0.29, 0.717) is 5.56 Å². The Hall–Kier alpha value is -2.32. The SMILES string of the molecule is Cc1ccc(NC(=O)NC(C)c2ccc(C#N)cc2)cc1Br. The molecule has 0 saturated carbocycles. The van der Waals surface area contributed by atoms with E-state index in [1.54, 1.807) is 12.1 Å². The molecule has 2 N–H and O–H groups in total. The molecule has 5 heteroatoms. The van der Waals surface area contributed by atoms with Gasteiger partial charge >= 0.3 is 6.03 Å². The van der Waals surface area contributed by atoms with Crippen LogP contribution < -0.4 is 10.6 Å². The van der Waals surface area contributed by atoms with Crippen LogP contribution in [0.15, 0.2) is 46.9 Å². The normalized spacial score (nSPS) is 11.4. The molecule has 0 aliphatic rings. The van der Waals surface area contributed by atoms with Gasteiger partial charge in [0.05, 0.1) is 17.7 Å². The zero-order valence-corrected chi connectivity index (χ0v) is 13.9. The summed E-state index contributed by atoms with van der Waals surface area (Å²) in [6.07, 6.45) is 0. The van der Waals surface area contributed by atoms with Crippen LogP contribution in [0.25, 0.3) is 0 Å². The first-order valence-electron chi connectivity index (χ1n) is 6.83. The van der Waals surface area contributed by atoms with Crippen molar-refractivity contribution in [3.05, 3.63) is 63.6 Å². The molecule has 1 unspecified atom stereocenters. The molecule has 1 atom stereocenters. The van der Waals surface area contributed by atoms with E-state index in [2.05, 4.69) is 32.6 Å². The van der Waals surface area contributed by atoms with Gasteiger partial charge < -0.3 is 10.6 Å². The van der Waals surface area contributed by atoms with E-state index < -0.39 is 0 Å². The van der Waals surface area contributed by atoms with Crippen molar-refractivity contribution >= 4 is 27.6 Å². The average molecular weight is 358 g/mol. The van der Waals surface area contributed by atoms with Gasteiger partial charge in [-0.3, -0.25) is 0 Å². The summed E-state index contributed by atoms with van der Waals surface area (Å²) in [5.74, 6) is 0. The number of rotatable bonds is 3. The molecular formula is C17H16BrN3O. The second kappa shape index (κ2) is 7.10. The molecule has 0 bridgehead atoms. The van der Waals surface area contributed by atoms with Crippen molar-refractivity contribution < 1.29 is 4.79 Å². The third-order valence-electron chi connectivity index (χ3n) is 3.32. The quantitative estimate of drug-likeness (QED) is 0.848. The minimum atomic E-state index is -0.271. The van der Waals surface area contributed by atoms with Crippen molar-refractivity contribution in [3.8, 4) is 6.07 Å². The average Bonchev–Trinajstić information content (AvgIpc) is 2.51. The monoisotopic (exact) mass is 357 g/mol. The Morgan fingerprint density at radius 3 is 2.50 bits per heavy atom. The summed E-state index contributed by atoms with van der Waals surface area (Å²) in [6.45, 7) is 3.88. The minimum Gasteiger partial charge on any atom is -0.331 e. The van der Waals surface area contributed by atoms with Gasteiger partial charge in [0, 0.05) is 10.2 Å². The Morgan fingerprint density at radius 2 is 1.91 bits per heavy atom. The van der Waals surface area contributed by atoms with E-state index >= 15 is 0 Å². The molecule has 0 aliphatic heterocycles. The van der Waals surface area contributed by atoms with E-state index in [1.165, 1.54) is 0 Å². The van der Waals surface area contributed by atoms with Gasteiger partial charge in [0.15, 0.2) is 0 Å². The zero-order chi connectivity index (χ0) is 16.1. The summed E-state index contributed by atoms with van der Waals surface area (Å²) < 4.78 is 0.949. The molecule has 4 nitrogen and oxygen atoms in total. The highest BCUT2D eigenvalue weighted by Crippen LogP contribution is 2.21.